The molecular weight excluding hydrogens is 367 g/mol. The number of benzene rings is 2. The normalized spacial score (nSPS) is 15.5. The smallest absolute Gasteiger partial charge is 0.243 e. The molecule has 1 aliphatic rings. The van der Waals surface area contributed by atoms with Crippen molar-refractivity contribution in [2.45, 2.75) is 37.5 Å². The third kappa shape index (κ3) is 4.73. The van der Waals surface area contributed by atoms with Gasteiger partial charge < -0.3 is 5.32 Å². The second-order valence-corrected chi connectivity index (χ2v) is 8.74. The van der Waals surface area contributed by atoms with E-state index in [0.717, 1.165) is 19.3 Å². The van der Waals surface area contributed by atoms with Crippen LogP contribution in [0.4, 0.5) is 10.1 Å². The molecule has 1 fully saturated rings. The molecule has 3 rings (SSSR count). The number of nitrogens with zero attached hydrogens (tertiary/aromatic N) is 1. The first kappa shape index (κ1) is 19.5. The molecule has 0 aromatic heterocycles. The Morgan fingerprint density at radius 3 is 2.37 bits per heavy atom. The summed E-state index contributed by atoms with van der Waals surface area (Å²) in [4.78, 5) is 12.4. The maximum Gasteiger partial charge on any atom is 0.243 e. The maximum absolute atomic E-state index is 13.6. The maximum atomic E-state index is 13.6. The summed E-state index contributed by atoms with van der Waals surface area (Å²) in [6.45, 7) is 2.76. The van der Waals surface area contributed by atoms with Crippen LogP contribution < -0.4 is 5.32 Å². The molecule has 1 N–H and O–H groups in total. The molecule has 0 spiro atoms. The van der Waals surface area contributed by atoms with Gasteiger partial charge in [0.1, 0.15) is 5.82 Å². The molecule has 2 aromatic carbocycles. The van der Waals surface area contributed by atoms with Crippen molar-refractivity contribution in [1.82, 2.24) is 4.31 Å². The number of halogens is 1. The summed E-state index contributed by atoms with van der Waals surface area (Å²) in [6, 6.07) is 10.9. The second-order valence-electron chi connectivity index (χ2n) is 6.80. The summed E-state index contributed by atoms with van der Waals surface area (Å²) in [7, 11) is -3.47. The van der Waals surface area contributed by atoms with Gasteiger partial charge in [0, 0.05) is 18.8 Å². The van der Waals surface area contributed by atoms with E-state index in [1.165, 1.54) is 22.5 Å². The van der Waals surface area contributed by atoms with Crippen LogP contribution in [-0.4, -0.2) is 31.7 Å². The number of anilines is 1. The molecule has 0 atom stereocenters. The van der Waals surface area contributed by atoms with Crippen LogP contribution in [0.2, 0.25) is 0 Å². The predicted octanol–water partition coefficient (Wildman–Crippen LogP) is 3.49. The zero-order valence-corrected chi connectivity index (χ0v) is 16.1. The van der Waals surface area contributed by atoms with E-state index in [0.29, 0.717) is 29.9 Å². The highest BCUT2D eigenvalue weighted by atomic mass is 32.2. The number of amides is 1. The van der Waals surface area contributed by atoms with E-state index < -0.39 is 10.0 Å². The Bertz CT molecular complexity index is 921. The Morgan fingerprint density at radius 2 is 1.74 bits per heavy atom. The van der Waals surface area contributed by atoms with E-state index in [2.05, 4.69) is 5.32 Å². The number of nitrogens with one attached hydrogen (secondary N) is 1. The standard InChI is InChI=1S/C20H23FN2O3S/c1-15-5-8-17(14-19(15)21)22-20(24)13-16-6-9-18(10-7-16)27(25,26)23-11-3-2-4-12-23/h5-10,14H,2-4,11-13H2,1H3,(H,22,24). The third-order valence-corrected chi connectivity index (χ3v) is 6.61. The molecular formula is C20H23FN2O3S. The minimum atomic E-state index is -3.47. The molecule has 1 amide bonds. The molecule has 2 aromatic rings. The monoisotopic (exact) mass is 390 g/mol. The number of hydrogen-bond acceptors (Lipinski definition) is 3. The highest BCUT2D eigenvalue weighted by molar-refractivity contribution is 7.89. The van der Waals surface area contributed by atoms with Gasteiger partial charge in [0.25, 0.3) is 0 Å². The van der Waals surface area contributed by atoms with E-state index >= 15 is 0 Å². The lowest BCUT2D eigenvalue weighted by Gasteiger charge is -2.25. The molecule has 0 unspecified atom stereocenters. The molecule has 1 aliphatic heterocycles. The Morgan fingerprint density at radius 1 is 1.07 bits per heavy atom. The van der Waals surface area contributed by atoms with Crippen LogP contribution in [-0.2, 0) is 21.2 Å². The van der Waals surface area contributed by atoms with Gasteiger partial charge in [0.15, 0.2) is 0 Å². The first-order valence-corrected chi connectivity index (χ1v) is 10.5. The van der Waals surface area contributed by atoms with Crippen LogP contribution in [0.1, 0.15) is 30.4 Å². The minimum Gasteiger partial charge on any atom is -0.326 e. The lowest BCUT2D eigenvalue weighted by Crippen LogP contribution is -2.35. The molecule has 144 valence electrons. The third-order valence-electron chi connectivity index (χ3n) is 4.70. The largest absolute Gasteiger partial charge is 0.326 e. The molecule has 0 bridgehead atoms. The second kappa shape index (κ2) is 8.19. The first-order chi connectivity index (χ1) is 12.9. The molecule has 0 radical (unpaired) electrons. The summed E-state index contributed by atoms with van der Waals surface area (Å²) in [5, 5.41) is 2.65. The number of sulfonamides is 1. The fourth-order valence-corrected chi connectivity index (χ4v) is 4.61. The minimum absolute atomic E-state index is 0.0829. The number of aryl methyl sites for hydroxylation is 1. The van der Waals surface area contributed by atoms with E-state index in [9.17, 15) is 17.6 Å². The van der Waals surface area contributed by atoms with Crippen molar-refractivity contribution in [3.05, 3.63) is 59.4 Å². The topological polar surface area (TPSA) is 66.5 Å². The average molecular weight is 390 g/mol. The Hall–Kier alpha value is -2.25. The van der Waals surface area contributed by atoms with E-state index in [1.54, 1.807) is 31.2 Å². The molecule has 0 saturated carbocycles. The van der Waals surface area contributed by atoms with Gasteiger partial charge in [-0.25, -0.2) is 12.8 Å². The summed E-state index contributed by atoms with van der Waals surface area (Å²) >= 11 is 0. The highest BCUT2D eigenvalue weighted by Crippen LogP contribution is 2.21. The van der Waals surface area contributed by atoms with Crippen LogP contribution in [0, 0.1) is 12.7 Å². The summed E-state index contributed by atoms with van der Waals surface area (Å²) in [5.74, 6) is -0.662. The molecule has 1 saturated heterocycles. The highest BCUT2D eigenvalue weighted by Gasteiger charge is 2.25. The number of piperidine rings is 1. The van der Waals surface area contributed by atoms with Crippen molar-refractivity contribution >= 4 is 21.6 Å². The van der Waals surface area contributed by atoms with Crippen LogP contribution in [0.25, 0.3) is 0 Å². The summed E-state index contributed by atoms with van der Waals surface area (Å²) < 4.78 is 40.3. The summed E-state index contributed by atoms with van der Waals surface area (Å²) in [5.41, 5.74) is 1.60. The lowest BCUT2D eigenvalue weighted by atomic mass is 10.1. The molecule has 0 aliphatic carbocycles. The van der Waals surface area contributed by atoms with Crippen LogP contribution >= 0.6 is 0 Å². The van der Waals surface area contributed by atoms with Crippen molar-refractivity contribution < 1.29 is 17.6 Å². The van der Waals surface area contributed by atoms with Gasteiger partial charge in [-0.05, 0) is 55.2 Å². The zero-order valence-electron chi connectivity index (χ0n) is 15.2. The fourth-order valence-electron chi connectivity index (χ4n) is 3.09. The van der Waals surface area contributed by atoms with Crippen molar-refractivity contribution in [1.29, 1.82) is 0 Å². The average Bonchev–Trinajstić information content (AvgIpc) is 2.66. The van der Waals surface area contributed by atoms with Gasteiger partial charge in [-0.3, -0.25) is 4.79 Å². The van der Waals surface area contributed by atoms with Crippen molar-refractivity contribution in [2.75, 3.05) is 18.4 Å². The lowest BCUT2D eigenvalue weighted by molar-refractivity contribution is -0.115. The zero-order chi connectivity index (χ0) is 19.4. The van der Waals surface area contributed by atoms with Crippen molar-refractivity contribution in [2.24, 2.45) is 0 Å². The summed E-state index contributed by atoms with van der Waals surface area (Å²) in [6.07, 6.45) is 2.92. The first-order valence-electron chi connectivity index (χ1n) is 9.01. The number of carbonyl (C=O) groups is 1. The molecule has 7 heteroatoms. The number of rotatable bonds is 5. The SMILES string of the molecule is Cc1ccc(NC(=O)Cc2ccc(S(=O)(=O)N3CCCCC3)cc2)cc1F. The van der Waals surface area contributed by atoms with E-state index in [-0.39, 0.29) is 23.0 Å². The van der Waals surface area contributed by atoms with Crippen LogP contribution in [0.15, 0.2) is 47.4 Å². The van der Waals surface area contributed by atoms with Crippen LogP contribution in [0.5, 0.6) is 0 Å². The predicted molar refractivity (Wildman–Crippen MR) is 103 cm³/mol. The van der Waals surface area contributed by atoms with Gasteiger partial charge in [0.2, 0.25) is 15.9 Å². The quantitative estimate of drug-likeness (QED) is 0.850. The van der Waals surface area contributed by atoms with Gasteiger partial charge in [0.05, 0.1) is 11.3 Å². The van der Waals surface area contributed by atoms with E-state index in [4.69, 9.17) is 0 Å². The number of carbonyl (C=O) groups excluding carboxylic acids is 1. The van der Waals surface area contributed by atoms with Gasteiger partial charge in [-0.15, -0.1) is 0 Å². The van der Waals surface area contributed by atoms with E-state index in [1.807, 2.05) is 0 Å². The van der Waals surface area contributed by atoms with Crippen LogP contribution in [0.3, 0.4) is 0 Å². The molecule has 27 heavy (non-hydrogen) atoms. The number of hydrogen-bond donors (Lipinski definition) is 1. The van der Waals surface area contributed by atoms with Crippen molar-refractivity contribution in [3.63, 3.8) is 0 Å². The molecule has 5 nitrogen and oxygen atoms in total. The van der Waals surface area contributed by atoms with Gasteiger partial charge in [-0.2, -0.15) is 4.31 Å². The van der Waals surface area contributed by atoms with Gasteiger partial charge in [-0.1, -0.05) is 24.6 Å². The fraction of sp³-hybridized carbons (Fsp3) is 0.350. The Balaban J connectivity index is 1.64. The van der Waals surface area contributed by atoms with Crippen molar-refractivity contribution in [3.8, 4) is 0 Å². The molecule has 1 heterocycles. The van der Waals surface area contributed by atoms with Gasteiger partial charge >= 0.3 is 0 Å². The Kier molecular flexibility index (Phi) is 5.92. The Labute approximate surface area is 159 Å².